The van der Waals surface area contributed by atoms with E-state index in [1.54, 1.807) is 30.3 Å². The van der Waals surface area contributed by atoms with E-state index in [4.69, 9.17) is 5.73 Å². The third-order valence-corrected chi connectivity index (χ3v) is 3.36. The number of benzene rings is 2. The van der Waals surface area contributed by atoms with Crippen LogP contribution in [0.3, 0.4) is 0 Å². The molecule has 3 aromatic rings. The Labute approximate surface area is 119 Å². The van der Waals surface area contributed by atoms with Crippen molar-refractivity contribution in [3.05, 3.63) is 60.0 Å². The Hall–Kier alpha value is -2.95. The van der Waals surface area contributed by atoms with Crippen LogP contribution in [0.5, 0.6) is 0 Å². The second kappa shape index (κ2) is 4.86. The number of nitrogens with one attached hydrogen (secondary N) is 1. The van der Waals surface area contributed by atoms with Crippen LogP contribution in [-0.4, -0.2) is 11.1 Å². The number of aromatic carboxylic acids is 1. The van der Waals surface area contributed by atoms with Gasteiger partial charge >= 0.3 is 5.97 Å². The number of aromatic amines is 1. The fourth-order valence-corrected chi connectivity index (χ4v) is 2.33. The highest BCUT2D eigenvalue weighted by molar-refractivity contribution is 6.06. The number of rotatable bonds is 2. The van der Waals surface area contributed by atoms with Crippen LogP contribution in [0.1, 0.15) is 10.4 Å². The monoisotopic (exact) mass is 283 g/mol. The van der Waals surface area contributed by atoms with Crippen molar-refractivity contribution in [2.24, 2.45) is 0 Å². The number of fused-ring (bicyclic) bond motifs is 1. The fourth-order valence-electron chi connectivity index (χ4n) is 2.33. The third kappa shape index (κ3) is 2.29. The summed E-state index contributed by atoms with van der Waals surface area (Å²) in [5, 5.41) is 10.3. The highest BCUT2D eigenvalue weighted by atomic mass is 19.1. The number of carbonyl (C=O) groups is 1. The van der Waals surface area contributed by atoms with Gasteiger partial charge in [-0.2, -0.15) is 0 Å². The zero-order valence-electron chi connectivity index (χ0n) is 10.9. The van der Waals surface area contributed by atoms with Crippen molar-refractivity contribution in [2.75, 3.05) is 5.73 Å². The second-order valence-corrected chi connectivity index (χ2v) is 4.69. The van der Waals surface area contributed by atoms with Crippen molar-refractivity contribution < 1.29 is 19.3 Å². The Morgan fingerprint density at radius 1 is 1.10 bits per heavy atom. The third-order valence-electron chi connectivity index (χ3n) is 3.36. The van der Waals surface area contributed by atoms with Gasteiger partial charge in [-0.05, 0) is 29.3 Å². The highest BCUT2D eigenvalue weighted by Gasteiger charge is 2.15. The maximum absolute atomic E-state index is 13.3. The molecule has 0 unspecified atom stereocenters. The summed E-state index contributed by atoms with van der Waals surface area (Å²) in [5.41, 5.74) is 7.50. The lowest BCUT2D eigenvalue weighted by Gasteiger charge is -2.06. The zero-order valence-corrected chi connectivity index (χ0v) is 10.9. The number of aromatic nitrogens is 1. The minimum absolute atomic E-state index is 0.144. The maximum Gasteiger partial charge on any atom is 0.340 e. The molecule has 0 spiro atoms. The number of H-pyrrole nitrogens is 1. The van der Waals surface area contributed by atoms with Crippen molar-refractivity contribution in [1.82, 2.24) is 0 Å². The Balaban J connectivity index is 2.25. The van der Waals surface area contributed by atoms with Gasteiger partial charge in [0.25, 0.3) is 5.82 Å². The van der Waals surface area contributed by atoms with Gasteiger partial charge in [0.05, 0.1) is 5.39 Å². The smallest absolute Gasteiger partial charge is 0.340 e. The summed E-state index contributed by atoms with van der Waals surface area (Å²) in [4.78, 5) is 14.0. The van der Waals surface area contributed by atoms with Gasteiger partial charge in [0, 0.05) is 5.39 Å². The molecule has 5 heteroatoms. The van der Waals surface area contributed by atoms with Crippen molar-refractivity contribution >= 4 is 22.6 Å². The number of anilines is 1. The molecule has 0 radical (unpaired) electrons. The molecule has 0 bridgehead atoms. The lowest BCUT2D eigenvalue weighted by atomic mass is 9.99. The van der Waals surface area contributed by atoms with Crippen LogP contribution in [0.25, 0.3) is 21.9 Å². The van der Waals surface area contributed by atoms with E-state index in [0.717, 1.165) is 5.56 Å². The van der Waals surface area contributed by atoms with Crippen molar-refractivity contribution in [2.45, 2.75) is 0 Å². The molecule has 0 aliphatic rings. The molecule has 0 aliphatic heterocycles. The highest BCUT2D eigenvalue weighted by Crippen LogP contribution is 2.28. The minimum atomic E-state index is -1.03. The summed E-state index contributed by atoms with van der Waals surface area (Å²) >= 11 is 0. The molecule has 4 N–H and O–H groups in total. The summed E-state index contributed by atoms with van der Waals surface area (Å²) in [6, 6.07) is 11.4. The quantitative estimate of drug-likeness (QED) is 0.759. The predicted molar refractivity (Wildman–Crippen MR) is 77.3 cm³/mol. The summed E-state index contributed by atoms with van der Waals surface area (Å²) in [6.07, 6.45) is 1.36. The Bertz CT molecular complexity index is 862. The zero-order chi connectivity index (χ0) is 15.0. The van der Waals surface area contributed by atoms with Crippen molar-refractivity contribution in [3.8, 4) is 11.1 Å². The summed E-state index contributed by atoms with van der Waals surface area (Å²) < 4.78 is 13.3. The van der Waals surface area contributed by atoms with Crippen LogP contribution < -0.4 is 10.7 Å². The Morgan fingerprint density at radius 3 is 2.57 bits per heavy atom. The van der Waals surface area contributed by atoms with E-state index in [1.165, 1.54) is 18.3 Å². The molecule has 21 heavy (non-hydrogen) atoms. The number of hydrogen-bond donors (Lipinski definition) is 2. The molecule has 0 atom stereocenters. The van der Waals surface area contributed by atoms with Crippen molar-refractivity contribution in [3.63, 3.8) is 0 Å². The van der Waals surface area contributed by atoms with Crippen LogP contribution in [0, 0.1) is 5.82 Å². The minimum Gasteiger partial charge on any atom is -0.478 e. The van der Waals surface area contributed by atoms with E-state index >= 15 is 0 Å². The molecule has 0 amide bonds. The van der Waals surface area contributed by atoms with Gasteiger partial charge in [-0.15, -0.1) is 0 Å². The topological polar surface area (TPSA) is 77.5 Å². The normalized spacial score (nSPS) is 10.7. The molecule has 3 rings (SSSR count). The molecule has 0 saturated carbocycles. The standard InChI is InChI=1S/C16H11FN2O2/c17-11-3-1-2-9(6-11)10-4-5-12-13(7-10)15(18)19-8-14(12)16(20)21/h1-8H,(H2,18,19)(H,20,21)/p+1. The molecule has 1 aromatic heterocycles. The average molecular weight is 283 g/mol. The predicted octanol–water partition coefficient (Wildman–Crippen LogP) is 2.74. The van der Waals surface area contributed by atoms with Gasteiger partial charge in [-0.25, -0.2) is 14.2 Å². The fraction of sp³-hybridized carbons (Fsp3) is 0. The molecule has 0 saturated heterocycles. The van der Waals surface area contributed by atoms with Crippen molar-refractivity contribution in [1.29, 1.82) is 0 Å². The molecular weight excluding hydrogens is 271 g/mol. The maximum atomic E-state index is 13.3. The van der Waals surface area contributed by atoms with E-state index in [1.807, 2.05) is 0 Å². The number of carboxylic acid groups (broad SMARTS) is 1. The molecular formula is C16H12FN2O2+. The average Bonchev–Trinajstić information content (AvgIpc) is 2.47. The molecule has 2 aromatic carbocycles. The number of carboxylic acids is 1. The van der Waals surface area contributed by atoms with Crippen LogP contribution >= 0.6 is 0 Å². The van der Waals surface area contributed by atoms with E-state index in [0.29, 0.717) is 22.2 Å². The molecule has 104 valence electrons. The lowest BCUT2D eigenvalue weighted by molar-refractivity contribution is -0.358. The van der Waals surface area contributed by atoms with Crippen LogP contribution in [0.2, 0.25) is 0 Å². The second-order valence-electron chi connectivity index (χ2n) is 4.69. The van der Waals surface area contributed by atoms with Gasteiger partial charge in [0.1, 0.15) is 17.6 Å². The Morgan fingerprint density at radius 2 is 1.86 bits per heavy atom. The molecule has 0 fully saturated rings. The van der Waals surface area contributed by atoms with Gasteiger partial charge in [-0.3, -0.25) is 5.73 Å². The summed E-state index contributed by atoms with van der Waals surface area (Å²) in [5.74, 6) is -0.991. The lowest BCUT2D eigenvalue weighted by Crippen LogP contribution is -2.14. The summed E-state index contributed by atoms with van der Waals surface area (Å²) in [7, 11) is 0. The van der Waals surface area contributed by atoms with E-state index in [9.17, 15) is 14.3 Å². The van der Waals surface area contributed by atoms with Gasteiger partial charge in [0.2, 0.25) is 0 Å². The van der Waals surface area contributed by atoms with Gasteiger partial charge in [0.15, 0.2) is 0 Å². The first-order chi connectivity index (χ1) is 10.1. The number of halogens is 1. The van der Waals surface area contributed by atoms with Crippen LogP contribution in [0.4, 0.5) is 10.2 Å². The Kier molecular flexibility index (Phi) is 3.02. The molecule has 1 heterocycles. The molecule has 4 nitrogen and oxygen atoms in total. The first kappa shape index (κ1) is 13.1. The van der Waals surface area contributed by atoms with E-state index < -0.39 is 5.97 Å². The van der Waals surface area contributed by atoms with Crippen LogP contribution in [0.15, 0.2) is 48.7 Å². The molecule has 0 aliphatic carbocycles. The largest absolute Gasteiger partial charge is 0.478 e. The van der Waals surface area contributed by atoms with Gasteiger partial charge < -0.3 is 5.11 Å². The summed E-state index contributed by atoms with van der Waals surface area (Å²) in [6.45, 7) is 0. The number of nitrogen functional groups attached to an aromatic ring is 1. The number of nitrogens with two attached hydrogens (primary N) is 1. The first-order valence-corrected chi connectivity index (χ1v) is 6.29. The SMILES string of the molecule is Nc1[nH+]cc(C(=O)O)c2ccc(-c3cccc(F)c3)cc12. The first-order valence-electron chi connectivity index (χ1n) is 6.29. The van der Waals surface area contributed by atoms with E-state index in [-0.39, 0.29) is 11.4 Å². The van der Waals surface area contributed by atoms with Gasteiger partial charge in [-0.1, -0.05) is 24.3 Å². The van der Waals surface area contributed by atoms with Crippen LogP contribution in [-0.2, 0) is 0 Å². The van der Waals surface area contributed by atoms with E-state index in [2.05, 4.69) is 4.98 Å². The number of pyridine rings is 1. The number of hydrogen-bond acceptors (Lipinski definition) is 2.